The van der Waals surface area contributed by atoms with Crippen molar-refractivity contribution in [1.29, 1.82) is 0 Å². The van der Waals surface area contributed by atoms with Crippen molar-refractivity contribution in [3.05, 3.63) is 65.2 Å². The third-order valence-corrected chi connectivity index (χ3v) is 4.65. The second-order valence-electron chi connectivity index (χ2n) is 6.27. The van der Waals surface area contributed by atoms with Crippen LogP contribution in [0.2, 0.25) is 0 Å². The summed E-state index contributed by atoms with van der Waals surface area (Å²) in [5.41, 5.74) is 3.62. The van der Waals surface area contributed by atoms with E-state index in [1.165, 1.54) is 26.4 Å². The molecule has 0 atom stereocenters. The molecule has 124 valence electrons. The van der Waals surface area contributed by atoms with Crippen molar-refractivity contribution in [2.45, 2.75) is 38.0 Å². The number of carbonyl (C=O) groups is 1. The van der Waals surface area contributed by atoms with Crippen molar-refractivity contribution in [2.75, 3.05) is 7.11 Å². The average Bonchev–Trinajstić information content (AvgIpc) is 2.67. The van der Waals surface area contributed by atoms with Gasteiger partial charge >= 0.3 is 5.97 Å². The summed E-state index contributed by atoms with van der Waals surface area (Å²) in [6.45, 7) is 0. The van der Waals surface area contributed by atoms with Gasteiger partial charge in [0, 0.05) is 6.21 Å². The molecule has 2 aromatic rings. The highest BCUT2D eigenvalue weighted by atomic mass is 16.5. The van der Waals surface area contributed by atoms with Gasteiger partial charge in [-0.1, -0.05) is 49.6 Å². The van der Waals surface area contributed by atoms with Crippen LogP contribution in [0.5, 0.6) is 0 Å². The number of nitrogens with zero attached hydrogens (tertiary/aromatic N) is 1. The Kier molecular flexibility index (Phi) is 5.42. The van der Waals surface area contributed by atoms with Crippen LogP contribution >= 0.6 is 0 Å². The Balaban J connectivity index is 1.89. The monoisotopic (exact) mass is 321 g/mol. The number of para-hydroxylation sites is 1. The predicted octanol–water partition coefficient (Wildman–Crippen LogP) is 5.27. The zero-order valence-electron chi connectivity index (χ0n) is 14.1. The molecular formula is C21H23NO2. The number of benzene rings is 2. The number of esters is 1. The molecule has 0 N–H and O–H groups in total. The van der Waals surface area contributed by atoms with Crippen LogP contribution in [-0.4, -0.2) is 19.3 Å². The minimum atomic E-state index is -0.259. The van der Waals surface area contributed by atoms with Gasteiger partial charge in [-0.2, -0.15) is 0 Å². The molecule has 0 aromatic heterocycles. The normalized spacial score (nSPS) is 15.5. The molecule has 0 unspecified atom stereocenters. The van der Waals surface area contributed by atoms with E-state index in [9.17, 15) is 4.79 Å². The van der Waals surface area contributed by atoms with Crippen molar-refractivity contribution in [2.24, 2.45) is 4.99 Å². The molecule has 3 rings (SSSR count). The van der Waals surface area contributed by atoms with E-state index in [1.807, 2.05) is 42.5 Å². The van der Waals surface area contributed by atoms with E-state index in [4.69, 9.17) is 4.74 Å². The number of aliphatic imine (C=N–C) groups is 1. The Bertz CT molecular complexity index is 716. The Labute approximate surface area is 143 Å². The quantitative estimate of drug-likeness (QED) is 0.568. The molecule has 2 aromatic carbocycles. The molecule has 3 nitrogen and oxygen atoms in total. The number of ether oxygens (including phenoxy) is 1. The first kappa shape index (κ1) is 16.4. The minimum Gasteiger partial charge on any atom is -0.465 e. The van der Waals surface area contributed by atoms with E-state index in [0.717, 1.165) is 29.7 Å². The van der Waals surface area contributed by atoms with Crippen molar-refractivity contribution < 1.29 is 9.53 Å². The fourth-order valence-electron chi connectivity index (χ4n) is 3.37. The molecule has 0 saturated heterocycles. The first-order valence-corrected chi connectivity index (χ1v) is 8.59. The molecular weight excluding hydrogens is 298 g/mol. The number of methoxy groups -OCH3 is 1. The molecule has 0 radical (unpaired) electrons. The van der Waals surface area contributed by atoms with Crippen LogP contribution < -0.4 is 0 Å². The van der Waals surface area contributed by atoms with Crippen molar-refractivity contribution in [1.82, 2.24) is 0 Å². The van der Waals surface area contributed by atoms with Crippen LogP contribution in [0.25, 0.3) is 0 Å². The summed E-state index contributed by atoms with van der Waals surface area (Å²) in [6, 6.07) is 15.8. The highest BCUT2D eigenvalue weighted by molar-refractivity contribution is 5.94. The zero-order valence-corrected chi connectivity index (χ0v) is 14.1. The van der Waals surface area contributed by atoms with Crippen LogP contribution in [0.1, 0.15) is 59.5 Å². The van der Waals surface area contributed by atoms with Gasteiger partial charge in [-0.05, 0) is 48.1 Å². The minimum absolute atomic E-state index is 0.259. The lowest BCUT2D eigenvalue weighted by atomic mass is 9.81. The molecule has 0 heterocycles. The average molecular weight is 321 g/mol. The van der Waals surface area contributed by atoms with Gasteiger partial charge < -0.3 is 4.74 Å². The number of rotatable bonds is 4. The summed E-state index contributed by atoms with van der Waals surface area (Å²) in [5.74, 6) is 0.207. The van der Waals surface area contributed by atoms with Gasteiger partial charge in [-0.25, -0.2) is 4.79 Å². The van der Waals surface area contributed by atoms with Crippen LogP contribution in [0, 0.1) is 0 Å². The standard InChI is InChI=1S/C21H23NO2/c1-24-21(23)20-14-16(15-22-18-10-6-3-7-11-18)12-13-19(20)17-8-4-2-5-9-17/h3,6-7,10-15,17H,2,4-5,8-9H2,1H3. The second-order valence-corrected chi connectivity index (χ2v) is 6.27. The number of hydrogen-bond acceptors (Lipinski definition) is 3. The highest BCUT2D eigenvalue weighted by Crippen LogP contribution is 2.35. The Morgan fingerprint density at radius 2 is 1.83 bits per heavy atom. The van der Waals surface area contributed by atoms with Crippen molar-refractivity contribution in [3.63, 3.8) is 0 Å². The summed E-state index contributed by atoms with van der Waals surface area (Å²) in [7, 11) is 1.44. The van der Waals surface area contributed by atoms with Gasteiger partial charge in [0.25, 0.3) is 0 Å². The fourth-order valence-corrected chi connectivity index (χ4v) is 3.37. The van der Waals surface area contributed by atoms with Crippen LogP contribution in [0.4, 0.5) is 5.69 Å². The van der Waals surface area contributed by atoms with E-state index < -0.39 is 0 Å². The van der Waals surface area contributed by atoms with E-state index >= 15 is 0 Å². The maximum Gasteiger partial charge on any atom is 0.338 e. The first-order chi connectivity index (χ1) is 11.8. The molecule has 1 aliphatic carbocycles. The highest BCUT2D eigenvalue weighted by Gasteiger charge is 2.22. The SMILES string of the molecule is COC(=O)c1cc(C=Nc2ccccc2)ccc1C1CCCCC1. The van der Waals surface area contributed by atoms with E-state index in [1.54, 1.807) is 6.21 Å². The second kappa shape index (κ2) is 7.91. The molecule has 0 amide bonds. The lowest BCUT2D eigenvalue weighted by molar-refractivity contribution is 0.0598. The van der Waals surface area contributed by atoms with Gasteiger partial charge in [-0.15, -0.1) is 0 Å². The van der Waals surface area contributed by atoms with E-state index in [-0.39, 0.29) is 5.97 Å². The van der Waals surface area contributed by atoms with Gasteiger partial charge in [0.15, 0.2) is 0 Å². The summed E-state index contributed by atoms with van der Waals surface area (Å²) < 4.78 is 5.00. The van der Waals surface area contributed by atoms with Crippen molar-refractivity contribution >= 4 is 17.9 Å². The summed E-state index contributed by atoms with van der Waals surface area (Å²) in [6.07, 6.45) is 7.88. The summed E-state index contributed by atoms with van der Waals surface area (Å²) in [4.78, 5) is 16.7. The van der Waals surface area contributed by atoms with Crippen LogP contribution in [0.3, 0.4) is 0 Å². The first-order valence-electron chi connectivity index (χ1n) is 8.59. The summed E-state index contributed by atoms with van der Waals surface area (Å²) >= 11 is 0. The largest absolute Gasteiger partial charge is 0.465 e. The Hall–Kier alpha value is -2.42. The van der Waals surface area contributed by atoms with Gasteiger partial charge in [0.05, 0.1) is 18.4 Å². The molecule has 1 fully saturated rings. The smallest absolute Gasteiger partial charge is 0.338 e. The van der Waals surface area contributed by atoms with E-state index in [2.05, 4.69) is 11.1 Å². The zero-order chi connectivity index (χ0) is 16.8. The maximum absolute atomic E-state index is 12.2. The van der Waals surface area contributed by atoms with Gasteiger partial charge in [0.2, 0.25) is 0 Å². The molecule has 0 bridgehead atoms. The van der Waals surface area contributed by atoms with Gasteiger partial charge in [-0.3, -0.25) is 4.99 Å². The van der Waals surface area contributed by atoms with Crippen molar-refractivity contribution in [3.8, 4) is 0 Å². The van der Waals surface area contributed by atoms with Crippen LogP contribution in [0.15, 0.2) is 53.5 Å². The molecule has 0 aliphatic heterocycles. The fraction of sp³-hybridized carbons (Fsp3) is 0.333. The lowest BCUT2D eigenvalue weighted by Crippen LogP contribution is -2.12. The molecule has 24 heavy (non-hydrogen) atoms. The lowest BCUT2D eigenvalue weighted by Gasteiger charge is -2.24. The third-order valence-electron chi connectivity index (χ3n) is 4.65. The Morgan fingerprint density at radius 1 is 1.08 bits per heavy atom. The third kappa shape index (κ3) is 3.91. The van der Waals surface area contributed by atoms with E-state index in [0.29, 0.717) is 11.5 Å². The molecule has 3 heteroatoms. The predicted molar refractivity (Wildman–Crippen MR) is 97.3 cm³/mol. The number of hydrogen-bond donors (Lipinski definition) is 0. The molecule has 1 aliphatic rings. The maximum atomic E-state index is 12.2. The Morgan fingerprint density at radius 3 is 2.54 bits per heavy atom. The van der Waals surface area contributed by atoms with Gasteiger partial charge in [0.1, 0.15) is 0 Å². The number of carbonyl (C=O) groups excluding carboxylic acids is 1. The molecule has 0 spiro atoms. The topological polar surface area (TPSA) is 38.7 Å². The molecule has 1 saturated carbocycles. The summed E-state index contributed by atoms with van der Waals surface area (Å²) in [5, 5.41) is 0. The van der Waals surface area contributed by atoms with Crippen LogP contribution in [-0.2, 0) is 4.74 Å².